The van der Waals surface area contributed by atoms with E-state index in [4.69, 9.17) is 5.14 Å². The molecule has 0 amide bonds. The van der Waals surface area contributed by atoms with E-state index in [2.05, 4.69) is 20.4 Å². The maximum Gasteiger partial charge on any atom is 0.238 e. The van der Waals surface area contributed by atoms with Crippen molar-refractivity contribution in [2.24, 2.45) is 10.6 Å². The summed E-state index contributed by atoms with van der Waals surface area (Å²) in [6.07, 6.45) is 6.17. The highest BCUT2D eigenvalue weighted by atomic mass is 32.2. The molecule has 1 aliphatic carbocycles. The number of nitrogens with two attached hydrogens (primary N) is 1. The number of sulfonamides is 1. The summed E-state index contributed by atoms with van der Waals surface area (Å²) in [6, 6.07) is 7.71. The summed E-state index contributed by atoms with van der Waals surface area (Å²) in [6.45, 7) is 1.51. The number of halogens is 1. The van der Waals surface area contributed by atoms with Gasteiger partial charge in [0.1, 0.15) is 5.82 Å². The first-order chi connectivity index (χ1) is 14.3. The summed E-state index contributed by atoms with van der Waals surface area (Å²) < 4.78 is 39.4. The normalized spacial score (nSPS) is 17.5. The zero-order chi connectivity index (χ0) is 20.9. The highest BCUT2D eigenvalue weighted by molar-refractivity contribution is 7.89. The third-order valence-electron chi connectivity index (χ3n) is 5.78. The largest absolute Gasteiger partial charge is 0.324 e. The van der Waals surface area contributed by atoms with E-state index in [0.29, 0.717) is 12.2 Å². The van der Waals surface area contributed by atoms with Gasteiger partial charge < -0.3 is 10.2 Å². The Kier molecular flexibility index (Phi) is 4.26. The summed E-state index contributed by atoms with van der Waals surface area (Å²) in [7, 11) is -3.77. The minimum absolute atomic E-state index is 0.00105. The fourth-order valence-corrected chi connectivity index (χ4v) is 4.62. The number of anilines is 4. The molecule has 0 unspecified atom stereocenters. The molecule has 2 aliphatic rings. The molecule has 1 fully saturated rings. The van der Waals surface area contributed by atoms with Crippen LogP contribution in [-0.2, 0) is 16.6 Å². The second-order valence-electron chi connectivity index (χ2n) is 7.85. The third kappa shape index (κ3) is 3.29. The van der Waals surface area contributed by atoms with Crippen LogP contribution in [0.1, 0.15) is 19.3 Å². The van der Waals surface area contributed by atoms with Crippen molar-refractivity contribution >= 4 is 33.3 Å². The van der Waals surface area contributed by atoms with Crippen molar-refractivity contribution in [2.45, 2.75) is 30.7 Å². The molecule has 3 N–H and O–H groups in total. The Bertz CT molecular complexity index is 1210. The lowest BCUT2D eigenvalue weighted by molar-refractivity contribution is 0.0996. The average molecular weight is 429 g/mol. The first kappa shape index (κ1) is 18.9. The van der Waals surface area contributed by atoms with Gasteiger partial charge >= 0.3 is 0 Å². The van der Waals surface area contributed by atoms with Crippen molar-refractivity contribution in [1.82, 2.24) is 19.7 Å². The molecule has 3 aromatic rings. The second-order valence-corrected chi connectivity index (χ2v) is 9.41. The van der Waals surface area contributed by atoms with Crippen molar-refractivity contribution in [3.8, 4) is 0 Å². The molecular formula is C19H20FN7O2S. The van der Waals surface area contributed by atoms with Crippen LogP contribution < -0.4 is 15.4 Å². The fourth-order valence-electron chi connectivity index (χ4n) is 4.10. The van der Waals surface area contributed by atoms with Crippen LogP contribution in [0, 0.1) is 11.2 Å². The van der Waals surface area contributed by atoms with E-state index in [-0.39, 0.29) is 22.1 Å². The van der Waals surface area contributed by atoms with Crippen LogP contribution in [0.3, 0.4) is 0 Å². The quantitative estimate of drug-likeness (QED) is 0.654. The van der Waals surface area contributed by atoms with E-state index < -0.39 is 15.8 Å². The minimum atomic E-state index is -3.77. The predicted molar refractivity (Wildman–Crippen MR) is 109 cm³/mol. The molecule has 30 heavy (non-hydrogen) atoms. The van der Waals surface area contributed by atoms with E-state index in [1.165, 1.54) is 12.1 Å². The van der Waals surface area contributed by atoms with E-state index in [1.54, 1.807) is 18.3 Å². The molecule has 0 atom stereocenters. The van der Waals surface area contributed by atoms with Crippen LogP contribution in [0.2, 0.25) is 0 Å². The van der Waals surface area contributed by atoms with E-state index >= 15 is 0 Å². The Hall–Kier alpha value is -3.05. The first-order valence-corrected chi connectivity index (χ1v) is 11.1. The molecule has 1 saturated carbocycles. The Balaban J connectivity index is 1.46. The highest BCUT2D eigenvalue weighted by Crippen LogP contribution is 2.48. The summed E-state index contributed by atoms with van der Waals surface area (Å²) >= 11 is 0. The van der Waals surface area contributed by atoms with Gasteiger partial charge in [-0.15, -0.1) is 0 Å². The number of rotatable bonds is 4. The van der Waals surface area contributed by atoms with Crippen LogP contribution in [-0.4, -0.2) is 34.7 Å². The Morgan fingerprint density at radius 1 is 1.13 bits per heavy atom. The molecule has 3 heterocycles. The van der Waals surface area contributed by atoms with Gasteiger partial charge in [0.15, 0.2) is 11.6 Å². The van der Waals surface area contributed by atoms with Crippen molar-refractivity contribution in [2.75, 3.05) is 16.8 Å². The minimum Gasteiger partial charge on any atom is -0.324 e. The summed E-state index contributed by atoms with van der Waals surface area (Å²) in [5.74, 6) is 0.665. The Morgan fingerprint density at radius 2 is 1.90 bits per heavy atom. The van der Waals surface area contributed by atoms with Gasteiger partial charge in [0.05, 0.1) is 23.8 Å². The molecule has 0 radical (unpaired) electrons. The number of aromatic nitrogens is 4. The zero-order valence-electron chi connectivity index (χ0n) is 16.0. The molecule has 1 aromatic carbocycles. The van der Waals surface area contributed by atoms with Crippen molar-refractivity contribution in [3.63, 3.8) is 0 Å². The van der Waals surface area contributed by atoms with Gasteiger partial charge in [0.2, 0.25) is 16.0 Å². The molecular weight excluding hydrogens is 409 g/mol. The molecule has 0 bridgehead atoms. The Morgan fingerprint density at radius 3 is 2.57 bits per heavy atom. The van der Waals surface area contributed by atoms with Gasteiger partial charge in [-0.3, -0.25) is 0 Å². The second kappa shape index (κ2) is 6.74. The number of hydrogen-bond acceptors (Lipinski definition) is 7. The number of primary sulfonamides is 1. The average Bonchev–Trinajstić information content (AvgIpc) is 3.16. The third-order valence-corrected chi connectivity index (χ3v) is 6.71. The lowest BCUT2D eigenvalue weighted by Crippen LogP contribution is -2.48. The standard InChI is InChI=1S/C19H20FN7O2S/c20-15-10-22-18(24-13-2-4-14(5-3-13)30(21,28)29)25-17(15)26-11-19(7-1-8-19)12-27-16(26)6-9-23-27/h2-6,9-10H,1,7-8,11-12H2,(H2,21,28,29)(H,22,24,25). The summed E-state index contributed by atoms with van der Waals surface area (Å²) in [5.41, 5.74) is 0.646. The van der Waals surface area contributed by atoms with E-state index in [1.807, 2.05) is 15.6 Å². The van der Waals surface area contributed by atoms with Crippen LogP contribution in [0.5, 0.6) is 0 Å². The summed E-state index contributed by atoms with van der Waals surface area (Å²) in [5, 5.41) is 12.5. The number of hydrogen-bond donors (Lipinski definition) is 2. The van der Waals surface area contributed by atoms with Crippen molar-refractivity contribution in [3.05, 3.63) is 48.5 Å². The number of nitrogens with zero attached hydrogens (tertiary/aromatic N) is 5. The van der Waals surface area contributed by atoms with Crippen LogP contribution in [0.15, 0.2) is 47.6 Å². The van der Waals surface area contributed by atoms with Gasteiger partial charge in [0.25, 0.3) is 0 Å². The van der Waals surface area contributed by atoms with Gasteiger partial charge in [-0.05, 0) is 37.1 Å². The van der Waals surface area contributed by atoms with E-state index in [9.17, 15) is 12.8 Å². The Labute approximate surface area is 172 Å². The number of fused-ring (bicyclic) bond motifs is 1. The lowest BCUT2D eigenvalue weighted by Gasteiger charge is -2.48. The molecule has 9 nitrogen and oxygen atoms in total. The first-order valence-electron chi connectivity index (χ1n) is 9.55. The fraction of sp³-hybridized carbons (Fsp3) is 0.316. The van der Waals surface area contributed by atoms with E-state index in [0.717, 1.165) is 37.8 Å². The maximum absolute atomic E-state index is 14.7. The van der Waals surface area contributed by atoms with Gasteiger partial charge in [-0.2, -0.15) is 10.1 Å². The maximum atomic E-state index is 14.7. The highest BCUT2D eigenvalue weighted by Gasteiger charge is 2.44. The zero-order valence-corrected chi connectivity index (χ0v) is 16.8. The predicted octanol–water partition coefficient (Wildman–Crippen LogP) is 2.53. The SMILES string of the molecule is NS(=O)(=O)c1ccc(Nc2ncc(F)c(N3CC4(CCC4)Cn4nccc43)n2)cc1. The molecule has 11 heteroatoms. The topological polar surface area (TPSA) is 119 Å². The van der Waals surface area contributed by atoms with Crippen LogP contribution in [0.4, 0.5) is 27.7 Å². The molecule has 156 valence electrons. The lowest BCUT2D eigenvalue weighted by atomic mass is 9.67. The summed E-state index contributed by atoms with van der Waals surface area (Å²) in [4.78, 5) is 10.3. The van der Waals surface area contributed by atoms with Gasteiger partial charge in [-0.1, -0.05) is 6.42 Å². The van der Waals surface area contributed by atoms with Gasteiger partial charge in [-0.25, -0.2) is 27.6 Å². The van der Waals surface area contributed by atoms with Gasteiger partial charge in [0, 0.05) is 23.7 Å². The monoisotopic (exact) mass is 429 g/mol. The van der Waals surface area contributed by atoms with Crippen LogP contribution in [0.25, 0.3) is 0 Å². The molecule has 1 aliphatic heterocycles. The smallest absolute Gasteiger partial charge is 0.238 e. The molecule has 5 rings (SSSR count). The number of nitrogens with one attached hydrogen (secondary N) is 1. The molecule has 1 spiro atoms. The molecule has 0 saturated heterocycles. The molecule has 2 aromatic heterocycles. The van der Waals surface area contributed by atoms with Crippen LogP contribution >= 0.6 is 0 Å². The van der Waals surface area contributed by atoms with Crippen molar-refractivity contribution < 1.29 is 12.8 Å². The van der Waals surface area contributed by atoms with Crippen molar-refractivity contribution in [1.29, 1.82) is 0 Å². The number of benzene rings is 1.